The van der Waals surface area contributed by atoms with Gasteiger partial charge in [0.1, 0.15) is 11.3 Å². The largest absolute Gasteiger partial charge is 0.573 e. The van der Waals surface area contributed by atoms with Gasteiger partial charge in [-0.1, -0.05) is 23.7 Å². The Bertz CT molecular complexity index is 1110. The van der Waals surface area contributed by atoms with Crippen molar-refractivity contribution in [1.29, 1.82) is 0 Å². The zero-order valence-corrected chi connectivity index (χ0v) is 14.7. The lowest BCUT2D eigenvalue weighted by Gasteiger charge is -2.12. The average molecular weight is 410 g/mol. The Morgan fingerprint density at radius 2 is 2.00 bits per heavy atom. The molecular formula is C17H11ClF3N5O2. The Kier molecular flexibility index (Phi) is 4.55. The van der Waals surface area contributed by atoms with Gasteiger partial charge in [0.05, 0.1) is 5.02 Å². The number of nitrogens with zero attached hydrogens (tertiary/aromatic N) is 3. The molecule has 0 radical (unpaired) electrons. The van der Waals surface area contributed by atoms with E-state index in [2.05, 4.69) is 30.7 Å². The van der Waals surface area contributed by atoms with E-state index in [1.807, 2.05) is 18.2 Å². The first-order valence-electron chi connectivity index (χ1n) is 7.93. The van der Waals surface area contributed by atoms with Gasteiger partial charge in [0.15, 0.2) is 5.76 Å². The number of halogens is 4. The van der Waals surface area contributed by atoms with Gasteiger partial charge in [-0.25, -0.2) is 0 Å². The summed E-state index contributed by atoms with van der Waals surface area (Å²) in [5, 5.41) is 17.4. The molecule has 0 saturated carbocycles. The van der Waals surface area contributed by atoms with E-state index < -0.39 is 12.1 Å². The fraction of sp³-hybridized carbons (Fsp3) is 0.118. The number of alkyl halides is 3. The molecule has 0 aliphatic heterocycles. The number of hydrogen-bond acceptors (Lipinski definition) is 6. The fourth-order valence-corrected chi connectivity index (χ4v) is 2.80. The number of anilines is 1. The van der Waals surface area contributed by atoms with Gasteiger partial charge in [0.25, 0.3) is 0 Å². The number of hydrogen-bond donors (Lipinski definition) is 2. The number of ether oxygens (including phenoxy) is 1. The normalized spacial score (nSPS) is 11.7. The third kappa shape index (κ3) is 4.01. The molecule has 0 spiro atoms. The second-order valence-corrected chi connectivity index (χ2v) is 6.17. The van der Waals surface area contributed by atoms with Crippen molar-refractivity contribution in [2.75, 3.05) is 5.32 Å². The number of H-pyrrole nitrogens is 1. The monoisotopic (exact) mass is 409 g/mol. The molecule has 0 bridgehead atoms. The first kappa shape index (κ1) is 18.1. The van der Waals surface area contributed by atoms with E-state index >= 15 is 0 Å². The van der Waals surface area contributed by atoms with Crippen molar-refractivity contribution in [2.45, 2.75) is 12.9 Å². The topological polar surface area (TPSA) is 88.9 Å². The number of aromatic amines is 1. The van der Waals surface area contributed by atoms with Crippen LogP contribution < -0.4 is 10.1 Å². The van der Waals surface area contributed by atoms with Gasteiger partial charge in [-0.15, -0.1) is 23.4 Å². The van der Waals surface area contributed by atoms with Crippen LogP contribution in [-0.2, 0) is 6.54 Å². The van der Waals surface area contributed by atoms with E-state index in [0.29, 0.717) is 29.4 Å². The molecular weight excluding hydrogens is 399 g/mol. The Morgan fingerprint density at radius 1 is 1.14 bits per heavy atom. The minimum Gasteiger partial charge on any atom is -0.453 e. The molecule has 11 heteroatoms. The fourth-order valence-electron chi connectivity index (χ4n) is 2.58. The number of nitrogens with one attached hydrogen (secondary N) is 2. The van der Waals surface area contributed by atoms with E-state index in [1.54, 1.807) is 6.07 Å². The minimum atomic E-state index is -4.79. The van der Waals surface area contributed by atoms with Crippen LogP contribution in [0.2, 0.25) is 5.02 Å². The van der Waals surface area contributed by atoms with Crippen LogP contribution in [0.3, 0.4) is 0 Å². The van der Waals surface area contributed by atoms with Crippen molar-refractivity contribution < 1.29 is 22.3 Å². The SMILES string of the molecule is FC(F)(F)Oc1ccc(NCc2ccc3cc(-c4nn[nH]n4)oc3c2)cc1Cl. The van der Waals surface area contributed by atoms with E-state index in [0.717, 1.165) is 17.0 Å². The van der Waals surface area contributed by atoms with Crippen molar-refractivity contribution >= 4 is 28.3 Å². The summed E-state index contributed by atoms with van der Waals surface area (Å²) in [4.78, 5) is 0. The van der Waals surface area contributed by atoms with Gasteiger partial charge >= 0.3 is 6.36 Å². The molecule has 4 aromatic rings. The molecule has 2 aromatic carbocycles. The first-order chi connectivity index (χ1) is 13.4. The second-order valence-electron chi connectivity index (χ2n) is 5.76. The summed E-state index contributed by atoms with van der Waals surface area (Å²) in [5.41, 5.74) is 2.09. The van der Waals surface area contributed by atoms with Crippen LogP contribution in [0.1, 0.15) is 5.56 Å². The molecule has 0 atom stereocenters. The second kappa shape index (κ2) is 7.04. The van der Waals surface area contributed by atoms with Crippen molar-refractivity contribution in [2.24, 2.45) is 0 Å². The number of benzene rings is 2. The molecule has 4 rings (SSSR count). The molecule has 2 N–H and O–H groups in total. The van der Waals surface area contributed by atoms with Gasteiger partial charge < -0.3 is 14.5 Å². The summed E-state index contributed by atoms with van der Waals surface area (Å²) >= 11 is 5.85. The van der Waals surface area contributed by atoms with E-state index in [-0.39, 0.29) is 5.02 Å². The number of rotatable bonds is 5. The lowest BCUT2D eigenvalue weighted by Crippen LogP contribution is -2.17. The van der Waals surface area contributed by atoms with Gasteiger partial charge in [-0.2, -0.15) is 5.21 Å². The first-order valence-corrected chi connectivity index (χ1v) is 8.31. The van der Waals surface area contributed by atoms with Crippen LogP contribution in [0.4, 0.5) is 18.9 Å². The van der Waals surface area contributed by atoms with Gasteiger partial charge in [-0.05, 0) is 41.1 Å². The third-order valence-electron chi connectivity index (χ3n) is 3.80. The number of fused-ring (bicyclic) bond motifs is 1. The average Bonchev–Trinajstić information content (AvgIpc) is 3.29. The Balaban J connectivity index is 1.47. The molecule has 144 valence electrons. The maximum Gasteiger partial charge on any atom is 0.573 e. The van der Waals surface area contributed by atoms with Crippen LogP contribution in [0.25, 0.3) is 22.6 Å². The maximum atomic E-state index is 12.3. The summed E-state index contributed by atoms with van der Waals surface area (Å²) in [6.45, 7) is 0.407. The van der Waals surface area contributed by atoms with Crippen molar-refractivity contribution in [1.82, 2.24) is 20.6 Å². The number of furan rings is 1. The van der Waals surface area contributed by atoms with Crippen LogP contribution >= 0.6 is 11.6 Å². The lowest BCUT2D eigenvalue weighted by atomic mass is 10.1. The zero-order valence-electron chi connectivity index (χ0n) is 13.9. The van der Waals surface area contributed by atoms with E-state index in [1.165, 1.54) is 12.1 Å². The highest BCUT2D eigenvalue weighted by Gasteiger charge is 2.32. The summed E-state index contributed by atoms with van der Waals surface area (Å²) in [6.07, 6.45) is -4.79. The molecule has 0 unspecified atom stereocenters. The molecule has 7 nitrogen and oxygen atoms in total. The highest BCUT2D eigenvalue weighted by molar-refractivity contribution is 6.32. The lowest BCUT2D eigenvalue weighted by molar-refractivity contribution is -0.274. The summed E-state index contributed by atoms with van der Waals surface area (Å²) in [6, 6.07) is 11.4. The highest BCUT2D eigenvalue weighted by Crippen LogP contribution is 2.32. The quantitative estimate of drug-likeness (QED) is 0.493. The standard InChI is InChI=1S/C17H11ClF3N5O2/c18-12-7-11(3-4-13(12)28-17(19,20)21)22-8-9-1-2-10-6-15(27-14(10)5-9)16-23-25-26-24-16/h1-7,22H,8H2,(H,23,24,25,26). The molecule has 0 amide bonds. The number of aromatic nitrogens is 4. The predicted molar refractivity (Wildman–Crippen MR) is 94.8 cm³/mol. The summed E-state index contributed by atoms with van der Waals surface area (Å²) < 4.78 is 46.4. The van der Waals surface area contributed by atoms with Gasteiger partial charge in [0.2, 0.25) is 5.82 Å². The molecule has 0 aliphatic rings. The van der Waals surface area contributed by atoms with Crippen molar-refractivity contribution in [3.63, 3.8) is 0 Å². The highest BCUT2D eigenvalue weighted by atomic mass is 35.5. The third-order valence-corrected chi connectivity index (χ3v) is 4.10. The van der Waals surface area contributed by atoms with Crippen LogP contribution in [-0.4, -0.2) is 27.0 Å². The Hall–Kier alpha value is -3.27. The smallest absolute Gasteiger partial charge is 0.453 e. The van der Waals surface area contributed by atoms with Crippen molar-refractivity contribution in [3.8, 4) is 17.3 Å². The van der Waals surface area contributed by atoms with Crippen LogP contribution in [0.15, 0.2) is 46.9 Å². The van der Waals surface area contributed by atoms with Gasteiger partial charge in [0, 0.05) is 17.6 Å². The molecule has 0 fully saturated rings. The molecule has 28 heavy (non-hydrogen) atoms. The maximum absolute atomic E-state index is 12.3. The Labute approximate surface area is 160 Å². The molecule has 2 aromatic heterocycles. The summed E-state index contributed by atoms with van der Waals surface area (Å²) in [5.74, 6) is 0.387. The number of tetrazole rings is 1. The zero-order chi connectivity index (χ0) is 19.7. The predicted octanol–water partition coefficient (Wildman–Crippen LogP) is 4.78. The van der Waals surface area contributed by atoms with Crippen LogP contribution in [0, 0.1) is 0 Å². The molecule has 0 saturated heterocycles. The minimum absolute atomic E-state index is 0.145. The Morgan fingerprint density at radius 3 is 2.71 bits per heavy atom. The summed E-state index contributed by atoms with van der Waals surface area (Å²) in [7, 11) is 0. The van der Waals surface area contributed by atoms with Crippen LogP contribution in [0.5, 0.6) is 5.75 Å². The molecule has 0 aliphatic carbocycles. The van der Waals surface area contributed by atoms with E-state index in [9.17, 15) is 13.2 Å². The van der Waals surface area contributed by atoms with Gasteiger partial charge in [-0.3, -0.25) is 0 Å². The van der Waals surface area contributed by atoms with Crippen molar-refractivity contribution in [3.05, 3.63) is 53.1 Å². The van der Waals surface area contributed by atoms with E-state index in [4.69, 9.17) is 16.0 Å². The molecule has 2 heterocycles.